The van der Waals surface area contributed by atoms with Gasteiger partial charge in [-0.15, -0.1) is 22.7 Å². The Morgan fingerprint density at radius 3 is 1.81 bits per heavy atom. The minimum absolute atomic E-state index is 0.266. The summed E-state index contributed by atoms with van der Waals surface area (Å²) < 4.78 is 27.4. The molecule has 7 rings (SSSR count). The van der Waals surface area contributed by atoms with Gasteiger partial charge in [-0.2, -0.15) is 8.75 Å². The minimum Gasteiger partial charge on any atom is -0.378 e. The lowest BCUT2D eigenvalue weighted by atomic mass is 9.97. The molecule has 0 amide bonds. The summed E-state index contributed by atoms with van der Waals surface area (Å²) in [6, 6.07) is 31.2. The molecule has 0 radical (unpaired) electrons. The van der Waals surface area contributed by atoms with Crippen LogP contribution in [0.25, 0.3) is 63.6 Å². The van der Waals surface area contributed by atoms with E-state index >= 15 is 4.39 Å². The van der Waals surface area contributed by atoms with Crippen LogP contribution in [0.5, 0.6) is 0 Å². The van der Waals surface area contributed by atoms with E-state index in [9.17, 15) is 0 Å². The number of rotatable bonds is 6. The third-order valence-electron chi connectivity index (χ3n) is 7.71. The number of fused-ring (bicyclic) bond motifs is 2. The number of anilines is 1. The number of aromatic nitrogens is 2. The first kappa shape index (κ1) is 28.2. The summed E-state index contributed by atoms with van der Waals surface area (Å²) in [6.07, 6.45) is 6.97. The van der Waals surface area contributed by atoms with Crippen molar-refractivity contribution in [2.45, 2.75) is 4.90 Å². The molecule has 7 aromatic rings. The van der Waals surface area contributed by atoms with Gasteiger partial charge in [0.25, 0.3) is 0 Å². The van der Waals surface area contributed by atoms with E-state index in [4.69, 9.17) is 0 Å². The van der Waals surface area contributed by atoms with Crippen molar-refractivity contribution in [3.8, 4) is 43.1 Å². The number of hydrogen-bond acceptors (Lipinski definition) is 6. The highest BCUT2D eigenvalue weighted by atomic mass is 32.3. The van der Waals surface area contributed by atoms with Gasteiger partial charge in [-0.05, 0) is 82.8 Å². The van der Waals surface area contributed by atoms with E-state index in [1.807, 2.05) is 72.8 Å². The van der Waals surface area contributed by atoms with E-state index < -0.39 is 10.0 Å². The van der Waals surface area contributed by atoms with Gasteiger partial charge in [0.2, 0.25) is 0 Å². The van der Waals surface area contributed by atoms with Crippen molar-refractivity contribution in [3.05, 3.63) is 96.8 Å². The molecule has 0 saturated carbocycles. The van der Waals surface area contributed by atoms with Gasteiger partial charge in [0.05, 0.1) is 11.7 Å². The van der Waals surface area contributed by atoms with Crippen molar-refractivity contribution in [2.24, 2.45) is 0 Å². The van der Waals surface area contributed by atoms with Gasteiger partial charge in [0.15, 0.2) is 0 Å². The van der Waals surface area contributed by atoms with Crippen molar-refractivity contribution in [1.82, 2.24) is 8.75 Å². The SMILES string of the molecule is CN(C)c1ccc(-c2ccc(-c3ccc(-c4cc5sc(-c6ccc(S(C)(C)C)cc6)cc5s4)c4nsnc34)c(F)c2)cc1. The molecule has 0 atom stereocenters. The normalized spacial score (nSPS) is 12.3. The lowest BCUT2D eigenvalue weighted by molar-refractivity contribution is 0.632. The molecular weight excluding hydrogens is 610 g/mol. The van der Waals surface area contributed by atoms with Crippen molar-refractivity contribution in [2.75, 3.05) is 37.8 Å². The molecule has 0 N–H and O–H groups in total. The summed E-state index contributed by atoms with van der Waals surface area (Å²) in [6.45, 7) is 0. The fourth-order valence-corrected chi connectivity index (χ4v) is 9.24. The molecule has 0 bridgehead atoms. The summed E-state index contributed by atoms with van der Waals surface area (Å²) in [5, 5.41) is 0. The smallest absolute Gasteiger partial charge is 0.131 e. The summed E-state index contributed by atoms with van der Waals surface area (Å²) in [5.41, 5.74) is 8.10. The monoisotopic (exact) mass is 639 g/mol. The highest BCUT2D eigenvalue weighted by Crippen LogP contribution is 2.47. The highest BCUT2D eigenvalue weighted by molar-refractivity contribution is 8.32. The van der Waals surface area contributed by atoms with Gasteiger partial charge in [0, 0.05) is 55.6 Å². The number of hydrogen-bond donors (Lipinski definition) is 0. The predicted octanol–water partition coefficient (Wildman–Crippen LogP) is 10.9. The Bertz CT molecular complexity index is 2060. The Morgan fingerprint density at radius 2 is 1.16 bits per heavy atom. The first-order valence-electron chi connectivity index (χ1n) is 13.8. The van der Waals surface area contributed by atoms with Crippen LogP contribution in [0.2, 0.25) is 0 Å². The Kier molecular flexibility index (Phi) is 7.13. The Labute approximate surface area is 264 Å². The lowest BCUT2D eigenvalue weighted by Gasteiger charge is -2.25. The zero-order valence-electron chi connectivity index (χ0n) is 24.5. The molecule has 0 aliphatic heterocycles. The van der Waals surface area contributed by atoms with Crippen molar-refractivity contribution >= 4 is 70.6 Å². The van der Waals surface area contributed by atoms with Gasteiger partial charge in [-0.1, -0.05) is 48.5 Å². The van der Waals surface area contributed by atoms with Crippen LogP contribution in [0.1, 0.15) is 0 Å². The molecule has 0 saturated heterocycles. The van der Waals surface area contributed by atoms with Crippen LogP contribution in [-0.4, -0.2) is 41.6 Å². The van der Waals surface area contributed by atoms with Gasteiger partial charge in [0.1, 0.15) is 16.9 Å². The van der Waals surface area contributed by atoms with Gasteiger partial charge in [-0.3, -0.25) is 0 Å². The van der Waals surface area contributed by atoms with Crippen LogP contribution in [0.15, 0.2) is 95.9 Å². The number of thiophene rings is 2. The maximum absolute atomic E-state index is 15.6. The van der Waals surface area contributed by atoms with Crippen LogP contribution < -0.4 is 4.90 Å². The maximum atomic E-state index is 15.6. The molecule has 3 aromatic heterocycles. The molecule has 43 heavy (non-hydrogen) atoms. The molecule has 0 aliphatic carbocycles. The first-order chi connectivity index (χ1) is 20.7. The zero-order valence-corrected chi connectivity index (χ0v) is 27.8. The average Bonchev–Trinajstić information content (AvgIpc) is 3.72. The topological polar surface area (TPSA) is 29.0 Å². The van der Waals surface area contributed by atoms with Crippen LogP contribution in [0.3, 0.4) is 0 Å². The van der Waals surface area contributed by atoms with Crippen molar-refractivity contribution in [1.29, 1.82) is 0 Å². The van der Waals surface area contributed by atoms with E-state index in [1.165, 1.54) is 36.5 Å². The third-order valence-corrected chi connectivity index (χ3v) is 12.3. The number of nitrogens with zero attached hydrogens (tertiary/aromatic N) is 3. The third kappa shape index (κ3) is 5.27. The molecule has 3 nitrogen and oxygen atoms in total. The standard InChI is InChI=1S/C35H30FN3S4/c1-39(2)24-11-6-21(7-12-24)23-10-15-26(29(36)18-23)27-16-17-28(35-34(27)37-42-38-35)31-20-33-32(41-31)19-30(40-33)22-8-13-25(14-9-22)43(3,4)5/h6-20H,1-5H3. The van der Waals surface area contributed by atoms with Crippen molar-refractivity contribution < 1.29 is 4.39 Å². The predicted molar refractivity (Wildman–Crippen MR) is 190 cm³/mol. The summed E-state index contributed by atoms with van der Waals surface area (Å²) in [5.74, 6) is -0.266. The molecule has 4 aromatic carbocycles. The van der Waals surface area contributed by atoms with E-state index in [2.05, 4.69) is 70.0 Å². The summed E-state index contributed by atoms with van der Waals surface area (Å²) in [4.78, 5) is 5.91. The molecule has 8 heteroatoms. The molecule has 0 spiro atoms. The van der Waals surface area contributed by atoms with E-state index in [0.717, 1.165) is 43.9 Å². The fourth-order valence-electron chi connectivity index (χ4n) is 5.29. The minimum atomic E-state index is -0.733. The molecule has 3 heterocycles. The number of benzene rings is 4. The van der Waals surface area contributed by atoms with Crippen LogP contribution in [-0.2, 0) is 0 Å². The van der Waals surface area contributed by atoms with Gasteiger partial charge >= 0.3 is 0 Å². The molecular formula is C35H30FN3S4. The van der Waals surface area contributed by atoms with Crippen molar-refractivity contribution in [3.63, 3.8) is 0 Å². The largest absolute Gasteiger partial charge is 0.378 e. The Balaban J connectivity index is 1.20. The van der Waals surface area contributed by atoms with E-state index in [-0.39, 0.29) is 5.82 Å². The summed E-state index contributed by atoms with van der Waals surface area (Å²) >= 11 is 4.77. The summed E-state index contributed by atoms with van der Waals surface area (Å²) in [7, 11) is 3.28. The molecule has 0 fully saturated rings. The van der Waals surface area contributed by atoms with E-state index in [1.54, 1.807) is 17.4 Å². The Hall–Kier alpha value is -3.56. The molecule has 0 unspecified atom stereocenters. The zero-order chi connectivity index (χ0) is 29.9. The van der Waals surface area contributed by atoms with Crippen LogP contribution >= 0.6 is 44.4 Å². The molecule has 216 valence electrons. The second-order valence-corrected chi connectivity index (χ2v) is 18.4. The quantitative estimate of drug-likeness (QED) is 0.181. The molecule has 0 aliphatic rings. The second-order valence-electron chi connectivity index (χ2n) is 11.6. The number of halogens is 1. The highest BCUT2D eigenvalue weighted by Gasteiger charge is 2.19. The second kappa shape index (κ2) is 10.9. The average molecular weight is 640 g/mol. The first-order valence-corrected chi connectivity index (χ1v) is 19.0. The van der Waals surface area contributed by atoms with Crippen LogP contribution in [0.4, 0.5) is 10.1 Å². The fraction of sp³-hybridized carbons (Fsp3) is 0.143. The van der Waals surface area contributed by atoms with Gasteiger partial charge in [-0.25, -0.2) is 14.4 Å². The Morgan fingerprint density at radius 1 is 0.605 bits per heavy atom. The van der Waals surface area contributed by atoms with Crippen LogP contribution in [0, 0.1) is 5.82 Å². The lowest BCUT2D eigenvalue weighted by Crippen LogP contribution is -2.07. The van der Waals surface area contributed by atoms with Gasteiger partial charge < -0.3 is 4.90 Å². The maximum Gasteiger partial charge on any atom is 0.131 e. The van der Waals surface area contributed by atoms with E-state index in [0.29, 0.717) is 5.56 Å².